The zero-order valence-corrected chi connectivity index (χ0v) is 18.7. The van der Waals surface area contributed by atoms with Crippen LogP contribution >= 0.6 is 0 Å². The van der Waals surface area contributed by atoms with Gasteiger partial charge in [-0.2, -0.15) is 0 Å². The smallest absolute Gasteiger partial charge is 0.726 e. The quantitative estimate of drug-likeness (QED) is 0.215. The summed E-state index contributed by atoms with van der Waals surface area (Å²) in [6.45, 7) is 2.07. The number of aryl methyl sites for hydroxylation is 1. The molecule has 0 aliphatic rings. The number of rotatable bonds is 14. The third kappa shape index (κ3) is 13.9. The minimum Gasteiger partial charge on any atom is -0.726 e. The number of hydrogen-bond acceptors (Lipinski definition) is 4. The monoisotopic (exact) mass is 378 g/mol. The van der Waals surface area contributed by atoms with Gasteiger partial charge in [0.25, 0.3) is 0 Å². The molecule has 1 aromatic rings. The van der Waals surface area contributed by atoms with E-state index < -0.39 is 10.4 Å². The molecule has 0 bridgehead atoms. The summed E-state index contributed by atoms with van der Waals surface area (Å²) in [4.78, 5) is 0. The van der Waals surface area contributed by atoms with Gasteiger partial charge in [0.15, 0.2) is 0 Å². The zero-order chi connectivity index (χ0) is 17.7. The molecule has 0 amide bonds. The Morgan fingerprint density at radius 3 is 1.84 bits per heavy atom. The second-order valence-corrected chi connectivity index (χ2v) is 7.42. The molecule has 1 aromatic carbocycles. The van der Waals surface area contributed by atoms with Crippen molar-refractivity contribution in [3.8, 4) is 0 Å². The Kier molecular flexibility index (Phi) is 15.2. The molecule has 0 spiro atoms. The van der Waals surface area contributed by atoms with Gasteiger partial charge in [-0.15, -0.1) is 0 Å². The molecule has 138 valence electrons. The molecular formula is C19H31NaO4S. The van der Waals surface area contributed by atoms with E-state index in [0.29, 0.717) is 0 Å². The molecule has 0 heterocycles. The van der Waals surface area contributed by atoms with E-state index in [4.69, 9.17) is 0 Å². The maximum absolute atomic E-state index is 10.6. The van der Waals surface area contributed by atoms with E-state index >= 15 is 0 Å². The van der Waals surface area contributed by atoms with Crippen LogP contribution in [0.1, 0.15) is 82.3 Å². The second-order valence-electron chi connectivity index (χ2n) is 6.37. The molecule has 0 aliphatic carbocycles. The fourth-order valence-corrected chi connectivity index (χ4v) is 3.15. The Labute approximate surface area is 176 Å². The van der Waals surface area contributed by atoms with Crippen molar-refractivity contribution in [2.45, 2.75) is 84.2 Å². The average molecular weight is 379 g/mol. The van der Waals surface area contributed by atoms with Crippen LogP contribution in [-0.2, 0) is 27.6 Å². The predicted octanol–water partition coefficient (Wildman–Crippen LogP) is 2.13. The zero-order valence-electron chi connectivity index (χ0n) is 15.8. The molecule has 0 saturated heterocycles. The minimum absolute atomic E-state index is 0. The van der Waals surface area contributed by atoms with Gasteiger partial charge in [0, 0.05) is 0 Å². The van der Waals surface area contributed by atoms with Crippen molar-refractivity contribution in [3.05, 3.63) is 35.4 Å². The van der Waals surface area contributed by atoms with Crippen molar-refractivity contribution >= 4 is 10.4 Å². The summed E-state index contributed by atoms with van der Waals surface area (Å²) in [6, 6.07) is 7.56. The summed E-state index contributed by atoms with van der Waals surface area (Å²) >= 11 is 0. The van der Waals surface area contributed by atoms with Crippen molar-refractivity contribution in [2.24, 2.45) is 0 Å². The van der Waals surface area contributed by atoms with Crippen molar-refractivity contribution in [1.29, 1.82) is 0 Å². The molecule has 0 atom stereocenters. The summed E-state index contributed by atoms with van der Waals surface area (Å²) in [5.41, 5.74) is 1.86. The SMILES string of the molecule is CCCCCCCCCCCCc1ccccc1COS(=O)(=O)[O-].[Na+]. The molecular weight excluding hydrogens is 347 g/mol. The Bertz CT molecular complexity index is 546. The Balaban J connectivity index is 0.00000576. The first-order valence-corrected chi connectivity index (χ1v) is 10.5. The van der Waals surface area contributed by atoms with Gasteiger partial charge < -0.3 is 4.55 Å². The summed E-state index contributed by atoms with van der Waals surface area (Å²) in [5.74, 6) is 0. The minimum atomic E-state index is -4.63. The molecule has 0 aromatic heterocycles. The number of hydrogen-bond donors (Lipinski definition) is 0. The normalized spacial score (nSPS) is 11.3. The van der Waals surface area contributed by atoms with Crippen LogP contribution in [0.4, 0.5) is 0 Å². The van der Waals surface area contributed by atoms with Gasteiger partial charge in [-0.1, -0.05) is 89.0 Å². The molecule has 6 heteroatoms. The van der Waals surface area contributed by atoms with Gasteiger partial charge in [-0.25, -0.2) is 8.42 Å². The second kappa shape index (κ2) is 15.2. The van der Waals surface area contributed by atoms with Crippen LogP contribution in [-0.4, -0.2) is 13.0 Å². The number of benzene rings is 1. The topological polar surface area (TPSA) is 66.4 Å². The molecule has 4 nitrogen and oxygen atoms in total. The van der Waals surface area contributed by atoms with Crippen LogP contribution in [0.3, 0.4) is 0 Å². The first-order chi connectivity index (χ1) is 11.5. The van der Waals surface area contributed by atoms with Crippen LogP contribution in [0.5, 0.6) is 0 Å². The maximum Gasteiger partial charge on any atom is 1.00 e. The number of unbranched alkanes of at least 4 members (excludes halogenated alkanes) is 9. The van der Waals surface area contributed by atoms with Gasteiger partial charge in [0.05, 0.1) is 6.61 Å². The molecule has 25 heavy (non-hydrogen) atoms. The third-order valence-corrected chi connectivity index (χ3v) is 4.68. The van der Waals surface area contributed by atoms with E-state index in [1.54, 1.807) is 0 Å². The molecule has 0 fully saturated rings. The van der Waals surface area contributed by atoms with Gasteiger partial charge in [-0.3, -0.25) is 4.18 Å². The van der Waals surface area contributed by atoms with E-state index in [-0.39, 0.29) is 36.2 Å². The maximum atomic E-state index is 10.6. The van der Waals surface area contributed by atoms with Crippen molar-refractivity contribution in [1.82, 2.24) is 0 Å². The van der Waals surface area contributed by atoms with E-state index in [0.717, 1.165) is 24.0 Å². The standard InChI is InChI=1S/C19H32O4S.Na/c1-2-3-4-5-6-7-8-9-10-11-14-18-15-12-13-16-19(18)17-23-24(20,21)22;/h12-13,15-16H,2-11,14,17H2,1H3,(H,20,21,22);/q;+1/p-1. The van der Waals surface area contributed by atoms with Gasteiger partial charge in [-0.05, 0) is 24.0 Å². The van der Waals surface area contributed by atoms with Crippen LogP contribution in [0.2, 0.25) is 0 Å². The first kappa shape index (κ1) is 25.1. The van der Waals surface area contributed by atoms with Crippen LogP contribution in [0.15, 0.2) is 24.3 Å². The fraction of sp³-hybridized carbons (Fsp3) is 0.684. The van der Waals surface area contributed by atoms with Gasteiger partial charge >= 0.3 is 29.6 Å². The Morgan fingerprint density at radius 2 is 1.32 bits per heavy atom. The Morgan fingerprint density at radius 1 is 0.840 bits per heavy atom. The van der Waals surface area contributed by atoms with Gasteiger partial charge in [0.2, 0.25) is 10.4 Å². The van der Waals surface area contributed by atoms with E-state index in [1.165, 1.54) is 57.8 Å². The molecule has 0 N–H and O–H groups in total. The van der Waals surface area contributed by atoms with E-state index in [9.17, 15) is 13.0 Å². The molecule has 1 rings (SSSR count). The Hall–Kier alpha value is 0.0900. The molecule has 0 unspecified atom stereocenters. The largest absolute Gasteiger partial charge is 1.00 e. The summed E-state index contributed by atoms with van der Waals surface area (Å²) < 4.78 is 36.1. The summed E-state index contributed by atoms with van der Waals surface area (Å²) in [5, 5.41) is 0. The van der Waals surface area contributed by atoms with Crippen molar-refractivity contribution in [3.63, 3.8) is 0 Å². The predicted molar refractivity (Wildman–Crippen MR) is 96.5 cm³/mol. The van der Waals surface area contributed by atoms with E-state index in [2.05, 4.69) is 11.1 Å². The summed E-state index contributed by atoms with van der Waals surface area (Å²) in [7, 11) is -4.63. The molecule has 0 radical (unpaired) electrons. The van der Waals surface area contributed by atoms with Crippen LogP contribution in [0, 0.1) is 0 Å². The van der Waals surface area contributed by atoms with Crippen molar-refractivity contribution < 1.29 is 46.7 Å². The van der Waals surface area contributed by atoms with E-state index in [1.807, 2.05) is 24.3 Å². The third-order valence-electron chi connectivity index (χ3n) is 4.28. The van der Waals surface area contributed by atoms with Crippen molar-refractivity contribution in [2.75, 3.05) is 0 Å². The van der Waals surface area contributed by atoms with Crippen LogP contribution < -0.4 is 29.6 Å². The first-order valence-electron chi connectivity index (χ1n) is 9.20. The van der Waals surface area contributed by atoms with Crippen LogP contribution in [0.25, 0.3) is 0 Å². The average Bonchev–Trinajstić information content (AvgIpc) is 2.55. The fourth-order valence-electron chi connectivity index (χ4n) is 2.88. The summed E-state index contributed by atoms with van der Waals surface area (Å²) in [6.07, 6.45) is 13.8. The van der Waals surface area contributed by atoms with Gasteiger partial charge in [0.1, 0.15) is 0 Å². The molecule has 0 aliphatic heterocycles. The molecule has 0 saturated carbocycles.